The minimum absolute atomic E-state index is 0. The van der Waals surface area contributed by atoms with Crippen molar-refractivity contribution < 1.29 is 9.18 Å². The number of hydrogen-bond donors (Lipinski definition) is 1. The van der Waals surface area contributed by atoms with E-state index in [1.54, 1.807) is 31.0 Å². The maximum Gasteiger partial charge on any atom is 0.247 e. The van der Waals surface area contributed by atoms with Gasteiger partial charge in [0, 0.05) is 20.0 Å². The molecule has 0 aliphatic carbocycles. The second-order valence-corrected chi connectivity index (χ2v) is 7.08. The van der Waals surface area contributed by atoms with E-state index in [0.29, 0.717) is 25.3 Å². The molecule has 0 fully saturated rings. The van der Waals surface area contributed by atoms with Gasteiger partial charge in [0.2, 0.25) is 5.91 Å². The summed E-state index contributed by atoms with van der Waals surface area (Å²) < 4.78 is 14.7. The molecule has 0 saturated heterocycles. The molecule has 0 saturated carbocycles. The first-order valence-corrected chi connectivity index (χ1v) is 8.17. The van der Waals surface area contributed by atoms with Crippen LogP contribution in [0.4, 0.5) is 4.39 Å². The number of rotatable bonds is 7. The first-order chi connectivity index (χ1) is 11.7. The fraction of sp³-hybridized carbons (Fsp3) is 0.529. The summed E-state index contributed by atoms with van der Waals surface area (Å²) in [4.78, 5) is 14.7. The van der Waals surface area contributed by atoms with Crippen LogP contribution in [-0.4, -0.2) is 51.2 Å². The molecule has 0 bridgehead atoms. The molecule has 2 aromatic rings. The fourth-order valence-electron chi connectivity index (χ4n) is 2.69. The SMILES string of the molecule is Cc1nnnn1C(Cc1ccc(F)cc1)C(=O)N(C)CC(C)(C)CN.Cl. The maximum atomic E-state index is 13.1. The number of tetrazole rings is 1. The highest BCUT2D eigenvalue weighted by molar-refractivity contribution is 5.85. The van der Waals surface area contributed by atoms with Gasteiger partial charge in [-0.3, -0.25) is 4.79 Å². The van der Waals surface area contributed by atoms with Gasteiger partial charge >= 0.3 is 0 Å². The quantitative estimate of drug-likeness (QED) is 0.785. The Morgan fingerprint density at radius 2 is 1.96 bits per heavy atom. The van der Waals surface area contributed by atoms with Gasteiger partial charge in [-0.1, -0.05) is 26.0 Å². The van der Waals surface area contributed by atoms with Gasteiger partial charge in [-0.25, -0.2) is 9.07 Å². The molecule has 1 unspecified atom stereocenters. The van der Waals surface area contributed by atoms with Gasteiger partial charge in [-0.05, 0) is 47.0 Å². The number of nitrogens with zero attached hydrogens (tertiary/aromatic N) is 5. The largest absolute Gasteiger partial charge is 0.343 e. The summed E-state index contributed by atoms with van der Waals surface area (Å²) >= 11 is 0. The number of carbonyl (C=O) groups excluding carboxylic acids is 1. The number of nitrogens with two attached hydrogens (primary N) is 1. The molecular formula is C17H26ClFN6O. The van der Waals surface area contributed by atoms with E-state index in [1.165, 1.54) is 16.8 Å². The predicted octanol–water partition coefficient (Wildman–Crippen LogP) is 1.77. The van der Waals surface area contributed by atoms with Crippen molar-refractivity contribution in [1.82, 2.24) is 25.1 Å². The number of aromatic nitrogens is 4. The summed E-state index contributed by atoms with van der Waals surface area (Å²) in [6.07, 6.45) is 0.373. The van der Waals surface area contributed by atoms with E-state index in [9.17, 15) is 9.18 Å². The lowest BCUT2D eigenvalue weighted by Crippen LogP contribution is -2.43. The van der Waals surface area contributed by atoms with Gasteiger partial charge in [0.1, 0.15) is 17.7 Å². The molecular weight excluding hydrogens is 359 g/mol. The molecule has 1 aromatic heterocycles. The highest BCUT2D eigenvalue weighted by Crippen LogP contribution is 2.21. The Labute approximate surface area is 159 Å². The number of amides is 1. The number of likely N-dealkylation sites (N-methyl/N-ethyl adjacent to an activating group) is 1. The molecule has 7 nitrogen and oxygen atoms in total. The number of hydrogen-bond acceptors (Lipinski definition) is 5. The van der Waals surface area contributed by atoms with Crippen LogP contribution >= 0.6 is 12.4 Å². The van der Waals surface area contributed by atoms with Crippen molar-refractivity contribution >= 4 is 18.3 Å². The molecule has 0 spiro atoms. The number of benzene rings is 1. The standard InChI is InChI=1S/C17H25FN6O.ClH/c1-12-20-21-22-24(12)15(9-13-5-7-14(18)8-6-13)16(25)23(4)11-17(2,3)10-19;/h5-8,15H,9-11,19H2,1-4H3;1H. The van der Waals surface area contributed by atoms with Crippen molar-refractivity contribution in [2.24, 2.45) is 11.1 Å². The minimum atomic E-state index is -0.598. The molecule has 0 aliphatic rings. The van der Waals surface area contributed by atoms with Gasteiger partial charge in [0.25, 0.3) is 0 Å². The Morgan fingerprint density at radius 3 is 2.46 bits per heavy atom. The lowest BCUT2D eigenvalue weighted by atomic mass is 9.93. The van der Waals surface area contributed by atoms with Gasteiger partial charge in [0.15, 0.2) is 0 Å². The van der Waals surface area contributed by atoms with Crippen molar-refractivity contribution in [3.05, 3.63) is 41.5 Å². The van der Waals surface area contributed by atoms with Crippen LogP contribution < -0.4 is 5.73 Å². The summed E-state index contributed by atoms with van der Waals surface area (Å²) in [5.74, 6) is 0.125. The summed E-state index contributed by atoms with van der Waals surface area (Å²) in [6, 6.07) is 5.49. The number of aryl methyl sites for hydroxylation is 1. The molecule has 9 heteroatoms. The Kier molecular flexibility index (Phi) is 7.65. The maximum absolute atomic E-state index is 13.1. The molecule has 2 N–H and O–H groups in total. The summed E-state index contributed by atoms with van der Waals surface area (Å²) in [7, 11) is 1.75. The third kappa shape index (κ3) is 5.47. The Morgan fingerprint density at radius 1 is 1.35 bits per heavy atom. The molecule has 144 valence electrons. The third-order valence-electron chi connectivity index (χ3n) is 4.17. The average Bonchev–Trinajstić information content (AvgIpc) is 2.99. The van der Waals surface area contributed by atoms with E-state index >= 15 is 0 Å². The lowest BCUT2D eigenvalue weighted by Gasteiger charge is -2.31. The van der Waals surface area contributed by atoms with Crippen molar-refractivity contribution in [3.63, 3.8) is 0 Å². The molecule has 1 aromatic carbocycles. The Hall–Kier alpha value is -2.06. The molecule has 1 heterocycles. The molecule has 1 amide bonds. The topological polar surface area (TPSA) is 89.9 Å². The zero-order valence-corrected chi connectivity index (χ0v) is 16.3. The molecule has 26 heavy (non-hydrogen) atoms. The normalized spacial score (nSPS) is 12.4. The summed E-state index contributed by atoms with van der Waals surface area (Å²) in [5, 5.41) is 11.5. The summed E-state index contributed by atoms with van der Waals surface area (Å²) in [6.45, 7) is 6.75. The van der Waals surface area contributed by atoms with Crippen LogP contribution in [0.1, 0.15) is 31.3 Å². The van der Waals surface area contributed by atoms with E-state index in [1.807, 2.05) is 13.8 Å². The van der Waals surface area contributed by atoms with Crippen LogP contribution in [0.15, 0.2) is 24.3 Å². The van der Waals surface area contributed by atoms with E-state index in [0.717, 1.165) is 5.56 Å². The molecule has 2 rings (SSSR count). The zero-order chi connectivity index (χ0) is 18.6. The smallest absolute Gasteiger partial charge is 0.247 e. The van der Waals surface area contributed by atoms with Gasteiger partial charge < -0.3 is 10.6 Å². The first-order valence-electron chi connectivity index (χ1n) is 8.17. The monoisotopic (exact) mass is 384 g/mol. The van der Waals surface area contributed by atoms with E-state index in [2.05, 4.69) is 15.5 Å². The van der Waals surface area contributed by atoms with Crippen LogP contribution in [0.5, 0.6) is 0 Å². The van der Waals surface area contributed by atoms with Gasteiger partial charge in [0.05, 0.1) is 0 Å². The van der Waals surface area contributed by atoms with Crippen molar-refractivity contribution in [3.8, 4) is 0 Å². The lowest BCUT2D eigenvalue weighted by molar-refractivity contribution is -0.135. The van der Waals surface area contributed by atoms with E-state index in [-0.39, 0.29) is 29.5 Å². The predicted molar refractivity (Wildman–Crippen MR) is 99.4 cm³/mol. The van der Waals surface area contributed by atoms with Gasteiger partial charge in [-0.2, -0.15) is 0 Å². The Bertz CT molecular complexity index is 718. The highest BCUT2D eigenvalue weighted by Gasteiger charge is 2.29. The highest BCUT2D eigenvalue weighted by atomic mass is 35.5. The van der Waals surface area contributed by atoms with Crippen LogP contribution in [0.2, 0.25) is 0 Å². The average molecular weight is 385 g/mol. The van der Waals surface area contributed by atoms with Crippen molar-refractivity contribution in [2.75, 3.05) is 20.1 Å². The minimum Gasteiger partial charge on any atom is -0.343 e. The number of halogens is 2. The zero-order valence-electron chi connectivity index (χ0n) is 15.5. The summed E-state index contributed by atoms with van der Waals surface area (Å²) in [5.41, 5.74) is 6.42. The van der Waals surface area contributed by atoms with Crippen LogP contribution in [0.25, 0.3) is 0 Å². The van der Waals surface area contributed by atoms with E-state index in [4.69, 9.17) is 5.73 Å². The van der Waals surface area contributed by atoms with Crippen LogP contribution in [0.3, 0.4) is 0 Å². The Balaban J connectivity index is 0.00000338. The fourth-order valence-corrected chi connectivity index (χ4v) is 2.69. The molecule has 1 atom stereocenters. The molecule has 0 radical (unpaired) electrons. The van der Waals surface area contributed by atoms with Crippen molar-refractivity contribution in [1.29, 1.82) is 0 Å². The molecule has 0 aliphatic heterocycles. The number of carbonyl (C=O) groups is 1. The van der Waals surface area contributed by atoms with E-state index < -0.39 is 6.04 Å². The van der Waals surface area contributed by atoms with Crippen LogP contribution in [-0.2, 0) is 11.2 Å². The van der Waals surface area contributed by atoms with Gasteiger partial charge in [-0.15, -0.1) is 17.5 Å². The first kappa shape index (κ1) is 22.0. The second kappa shape index (κ2) is 9.05. The van der Waals surface area contributed by atoms with Crippen molar-refractivity contribution in [2.45, 2.75) is 33.2 Å². The third-order valence-corrected chi connectivity index (χ3v) is 4.17. The second-order valence-electron chi connectivity index (χ2n) is 7.08. The van der Waals surface area contributed by atoms with Crippen LogP contribution in [0, 0.1) is 18.2 Å².